The number of hydrogen-bond donors (Lipinski definition) is 0. The van der Waals surface area contributed by atoms with Crippen molar-refractivity contribution >= 4 is 16.3 Å². The molecule has 0 aromatic carbocycles. The Morgan fingerprint density at radius 3 is 1.75 bits per heavy atom. The first kappa shape index (κ1) is 8.02. The third-order valence-corrected chi connectivity index (χ3v) is 3.65. The van der Waals surface area contributed by atoms with Crippen LogP contribution >= 0.6 is 10.0 Å². The minimum Gasteiger partial charge on any atom is -0.302 e. The van der Waals surface area contributed by atoms with Crippen LogP contribution in [0.25, 0.3) is 0 Å². The fourth-order valence-electron chi connectivity index (χ4n) is 0.167. The average Bonchev–Trinajstić information content (AvgIpc) is 1.62. The van der Waals surface area contributed by atoms with E-state index in [9.17, 15) is 4.79 Å². The number of carbonyl (C=O) groups is 1. The molecular weight excluding hydrogens is 120 g/mol. The lowest BCUT2D eigenvalue weighted by Crippen LogP contribution is -2.11. The number of aldehydes is 1. The molecule has 0 saturated carbocycles. The maximum Gasteiger partial charge on any atom is 0.131 e. The van der Waals surface area contributed by atoms with Crippen molar-refractivity contribution in [2.75, 3.05) is 18.8 Å². The second-order valence-electron chi connectivity index (χ2n) is 2.77. The van der Waals surface area contributed by atoms with E-state index in [0.717, 1.165) is 6.29 Å². The minimum atomic E-state index is -0.621. The fraction of sp³-hybridized carbons (Fsp3) is 0.833. The van der Waals surface area contributed by atoms with Crippen molar-refractivity contribution in [3.8, 4) is 0 Å². The van der Waals surface area contributed by atoms with Gasteiger partial charge in [0.25, 0.3) is 0 Å². The van der Waals surface area contributed by atoms with Crippen LogP contribution in [0.4, 0.5) is 0 Å². The van der Waals surface area contributed by atoms with E-state index in [4.69, 9.17) is 0 Å². The fourth-order valence-corrected chi connectivity index (χ4v) is 0.500. The van der Waals surface area contributed by atoms with Crippen molar-refractivity contribution in [2.24, 2.45) is 0 Å². The van der Waals surface area contributed by atoms with E-state index >= 15 is 0 Å². The third kappa shape index (κ3) is 2.36. The van der Waals surface area contributed by atoms with E-state index < -0.39 is 10.0 Å². The highest BCUT2D eigenvalue weighted by Gasteiger charge is 2.12. The predicted octanol–water partition coefficient (Wildman–Crippen LogP) is 1.27. The molecule has 0 radical (unpaired) electrons. The minimum absolute atomic E-state index is 0.252. The Hall–Kier alpha value is 0.0200. The second kappa shape index (κ2) is 2.53. The molecule has 0 heterocycles. The second-order valence-corrected chi connectivity index (χ2v) is 7.38. The largest absolute Gasteiger partial charge is 0.302 e. The Bertz CT molecular complexity index is 83.0. The van der Waals surface area contributed by atoms with Crippen LogP contribution in [0, 0.1) is 0 Å². The van der Waals surface area contributed by atoms with E-state index in [1.54, 1.807) is 0 Å². The molecule has 1 atom stereocenters. The quantitative estimate of drug-likeness (QED) is 0.520. The molecule has 0 aliphatic rings. The Kier molecular flexibility index (Phi) is 2.54. The molecule has 0 aliphatic carbocycles. The van der Waals surface area contributed by atoms with Crippen molar-refractivity contribution in [2.45, 2.75) is 12.2 Å². The Labute approximate surface area is 52.8 Å². The van der Waals surface area contributed by atoms with Crippen LogP contribution < -0.4 is 0 Å². The summed E-state index contributed by atoms with van der Waals surface area (Å²) in [7, 11) is -0.621. The molecule has 0 aliphatic heterocycles. The van der Waals surface area contributed by atoms with Crippen LogP contribution in [-0.4, -0.2) is 30.3 Å². The number of hydrogen-bond acceptors (Lipinski definition) is 1. The summed E-state index contributed by atoms with van der Waals surface area (Å²) in [4.78, 5) is 10.2. The molecule has 0 fully saturated rings. The van der Waals surface area contributed by atoms with Gasteiger partial charge in [0.15, 0.2) is 0 Å². The van der Waals surface area contributed by atoms with Gasteiger partial charge in [-0.1, -0.05) is 0 Å². The summed E-state index contributed by atoms with van der Waals surface area (Å²) in [6.07, 6.45) is 7.47. The molecule has 0 aromatic rings. The van der Waals surface area contributed by atoms with Crippen LogP contribution in [0.1, 0.15) is 6.92 Å². The Morgan fingerprint density at radius 1 is 1.38 bits per heavy atom. The molecule has 50 valence electrons. The zero-order chi connectivity index (χ0) is 6.78. The SMILES string of the molecule is CC(C=O)S(C)(C)C. The molecule has 0 N–H and O–H groups in total. The van der Waals surface area contributed by atoms with Crippen molar-refractivity contribution in [1.82, 2.24) is 0 Å². The highest BCUT2D eigenvalue weighted by molar-refractivity contribution is 8.33. The summed E-state index contributed by atoms with van der Waals surface area (Å²) >= 11 is 0. The molecule has 8 heavy (non-hydrogen) atoms. The smallest absolute Gasteiger partial charge is 0.131 e. The van der Waals surface area contributed by atoms with E-state index in [2.05, 4.69) is 18.8 Å². The molecule has 1 unspecified atom stereocenters. The summed E-state index contributed by atoms with van der Waals surface area (Å²) in [5.74, 6) is 0. The van der Waals surface area contributed by atoms with Gasteiger partial charge in [-0.25, -0.2) is 10.0 Å². The molecule has 1 nitrogen and oxygen atoms in total. The van der Waals surface area contributed by atoms with Crippen molar-refractivity contribution in [3.05, 3.63) is 0 Å². The molecule has 0 saturated heterocycles. The Morgan fingerprint density at radius 2 is 1.75 bits per heavy atom. The van der Waals surface area contributed by atoms with Crippen molar-refractivity contribution in [3.63, 3.8) is 0 Å². The first-order valence-corrected chi connectivity index (χ1v) is 5.53. The van der Waals surface area contributed by atoms with Gasteiger partial charge in [-0.05, 0) is 25.7 Å². The first-order valence-electron chi connectivity index (χ1n) is 2.61. The lowest BCUT2D eigenvalue weighted by atomic mass is 10.5. The van der Waals surface area contributed by atoms with Crippen LogP contribution in [0.5, 0.6) is 0 Å². The van der Waals surface area contributed by atoms with Gasteiger partial charge in [-0.2, -0.15) is 0 Å². The van der Waals surface area contributed by atoms with Crippen molar-refractivity contribution in [1.29, 1.82) is 0 Å². The van der Waals surface area contributed by atoms with E-state index in [1.165, 1.54) is 0 Å². The van der Waals surface area contributed by atoms with Gasteiger partial charge in [0.2, 0.25) is 0 Å². The normalized spacial score (nSPS) is 17.5. The lowest BCUT2D eigenvalue weighted by molar-refractivity contribution is -0.107. The maximum absolute atomic E-state index is 10.2. The first-order chi connectivity index (χ1) is 3.48. The van der Waals surface area contributed by atoms with Gasteiger partial charge in [0, 0.05) is 5.25 Å². The van der Waals surface area contributed by atoms with Gasteiger partial charge in [-0.15, -0.1) is 0 Å². The number of rotatable bonds is 2. The van der Waals surface area contributed by atoms with Gasteiger partial charge in [-0.3, -0.25) is 0 Å². The molecule has 0 bridgehead atoms. The third-order valence-electron chi connectivity index (χ3n) is 1.31. The molecule has 2 heteroatoms. The maximum atomic E-state index is 10.2. The molecular formula is C6H14OS. The van der Waals surface area contributed by atoms with Gasteiger partial charge in [0.1, 0.15) is 6.29 Å². The molecule has 0 rings (SSSR count). The zero-order valence-electron chi connectivity index (χ0n) is 5.97. The lowest BCUT2D eigenvalue weighted by Gasteiger charge is -2.28. The summed E-state index contributed by atoms with van der Waals surface area (Å²) in [5, 5.41) is 0.252. The van der Waals surface area contributed by atoms with Crippen LogP contribution in [0.15, 0.2) is 0 Å². The molecule has 0 aromatic heterocycles. The van der Waals surface area contributed by atoms with Crippen LogP contribution in [0.3, 0.4) is 0 Å². The van der Waals surface area contributed by atoms with E-state index in [-0.39, 0.29) is 5.25 Å². The van der Waals surface area contributed by atoms with E-state index in [1.807, 2.05) is 6.92 Å². The summed E-state index contributed by atoms with van der Waals surface area (Å²) in [6.45, 7) is 1.97. The topological polar surface area (TPSA) is 17.1 Å². The van der Waals surface area contributed by atoms with Gasteiger partial charge >= 0.3 is 0 Å². The average molecular weight is 134 g/mol. The summed E-state index contributed by atoms with van der Waals surface area (Å²) in [6, 6.07) is 0. The summed E-state index contributed by atoms with van der Waals surface area (Å²) in [5.41, 5.74) is 0. The summed E-state index contributed by atoms with van der Waals surface area (Å²) < 4.78 is 0. The zero-order valence-corrected chi connectivity index (χ0v) is 6.79. The predicted molar refractivity (Wildman–Crippen MR) is 40.9 cm³/mol. The van der Waals surface area contributed by atoms with E-state index in [0.29, 0.717) is 0 Å². The highest BCUT2D eigenvalue weighted by Crippen LogP contribution is 2.39. The van der Waals surface area contributed by atoms with Crippen molar-refractivity contribution < 1.29 is 4.79 Å². The van der Waals surface area contributed by atoms with Crippen LogP contribution in [-0.2, 0) is 4.79 Å². The highest BCUT2D eigenvalue weighted by atomic mass is 32.3. The molecule has 0 amide bonds. The number of carbonyl (C=O) groups excluding carboxylic acids is 1. The monoisotopic (exact) mass is 134 g/mol. The van der Waals surface area contributed by atoms with Crippen LogP contribution in [0.2, 0.25) is 0 Å². The Balaban J connectivity index is 3.80. The van der Waals surface area contributed by atoms with Gasteiger partial charge in [0.05, 0.1) is 0 Å². The molecule has 0 spiro atoms. The standard InChI is InChI=1S/C6H14OS/c1-6(5-7)8(2,3)4/h5-6H,1-4H3. The van der Waals surface area contributed by atoms with Gasteiger partial charge < -0.3 is 4.79 Å².